The molecule has 0 atom stereocenters. The molecule has 1 aromatic heterocycles. The van der Waals surface area contributed by atoms with Crippen LogP contribution in [0.4, 0.5) is 0 Å². The van der Waals surface area contributed by atoms with Crippen LogP contribution < -0.4 is 10.4 Å². The highest BCUT2D eigenvalue weighted by Gasteiger charge is 2.43. The fraction of sp³-hybridized carbons (Fsp3) is 0.160. The minimum Gasteiger partial charge on any atom is -0.248 e. The summed E-state index contributed by atoms with van der Waals surface area (Å²) in [5.74, 6) is 0. The predicted octanol–water partition coefficient (Wildman–Crippen LogP) is 5.50. The molecule has 0 bridgehead atoms. The van der Waals surface area contributed by atoms with E-state index in [1.165, 1.54) is 37.9 Å². The molecule has 6 rings (SSSR count). The van der Waals surface area contributed by atoms with Crippen molar-refractivity contribution in [2.75, 3.05) is 12.5 Å². The highest BCUT2D eigenvalue weighted by Crippen LogP contribution is 2.68. The number of nitrogens with zero attached hydrogens (tertiary/aromatic N) is 1. The lowest BCUT2D eigenvalue weighted by Crippen LogP contribution is -2.53. The van der Waals surface area contributed by atoms with Gasteiger partial charge in [0.1, 0.15) is 8.07 Å². The van der Waals surface area contributed by atoms with Crippen molar-refractivity contribution in [3.05, 3.63) is 66.7 Å². The van der Waals surface area contributed by atoms with Crippen molar-refractivity contribution in [1.82, 2.24) is 4.98 Å². The molecular formula is C25H23NSSi. The zero-order chi connectivity index (χ0) is 19.3. The van der Waals surface area contributed by atoms with Crippen LogP contribution in [0.1, 0.15) is 0 Å². The Balaban J connectivity index is 1.88. The molecule has 0 aliphatic carbocycles. The third kappa shape index (κ3) is 1.86. The average molecular weight is 398 g/mol. The first kappa shape index (κ1) is 16.6. The summed E-state index contributed by atoms with van der Waals surface area (Å²) < 4.78 is 0. The lowest BCUT2D eigenvalue weighted by molar-refractivity contribution is 1.39. The summed E-state index contributed by atoms with van der Waals surface area (Å²) in [5.41, 5.74) is 6.65. The second-order valence-corrected chi connectivity index (χ2v) is 16.7. The van der Waals surface area contributed by atoms with Gasteiger partial charge in [0.15, 0.2) is 0 Å². The van der Waals surface area contributed by atoms with Crippen molar-refractivity contribution >= 4 is 39.4 Å². The number of para-hydroxylation sites is 1. The van der Waals surface area contributed by atoms with Gasteiger partial charge in [-0.3, -0.25) is 0 Å². The van der Waals surface area contributed by atoms with Gasteiger partial charge in [0.25, 0.3) is 0 Å². The predicted molar refractivity (Wildman–Crippen MR) is 125 cm³/mol. The molecule has 0 unspecified atom stereocenters. The Kier molecular flexibility index (Phi) is 3.06. The molecule has 0 amide bonds. The van der Waals surface area contributed by atoms with Crippen LogP contribution in [0, 0.1) is 0 Å². The number of hydrogen-bond donors (Lipinski definition) is 0. The van der Waals surface area contributed by atoms with Crippen LogP contribution in [0.25, 0.3) is 33.3 Å². The molecule has 1 nitrogen and oxygen atoms in total. The van der Waals surface area contributed by atoms with Gasteiger partial charge in [0.05, 0.1) is 11.2 Å². The third-order valence-corrected chi connectivity index (χ3v) is 13.1. The first-order valence-corrected chi connectivity index (χ1v) is 15.3. The number of benzene rings is 3. The van der Waals surface area contributed by atoms with Crippen molar-refractivity contribution < 1.29 is 0 Å². The molecule has 0 fully saturated rings. The van der Waals surface area contributed by atoms with Crippen LogP contribution in [-0.2, 0) is 0 Å². The summed E-state index contributed by atoms with van der Waals surface area (Å²) in [7, 11) is -2.89. The Morgan fingerprint density at radius 2 is 1.46 bits per heavy atom. The molecule has 4 aromatic rings. The van der Waals surface area contributed by atoms with Gasteiger partial charge in [-0.2, -0.15) is 10.0 Å². The summed E-state index contributed by atoms with van der Waals surface area (Å²) in [5, 5.41) is 4.30. The van der Waals surface area contributed by atoms with E-state index < -0.39 is 18.1 Å². The van der Waals surface area contributed by atoms with E-state index in [-0.39, 0.29) is 0 Å². The number of aromatic nitrogens is 1. The van der Waals surface area contributed by atoms with Crippen LogP contribution >= 0.6 is 10.0 Å². The normalized spacial score (nSPS) is 18.3. The molecule has 3 aromatic carbocycles. The number of rotatable bonds is 0. The molecule has 3 heteroatoms. The van der Waals surface area contributed by atoms with Crippen LogP contribution in [0.5, 0.6) is 0 Å². The van der Waals surface area contributed by atoms with Crippen LogP contribution in [-0.4, -0.2) is 25.6 Å². The smallest absolute Gasteiger partial charge is 0.115 e. The molecule has 0 N–H and O–H groups in total. The SMILES string of the molecule is C[Si]1(C)c2cc3ccccc3nc2-c2cccc3c2-c2c1cccc2S3(C)C. The van der Waals surface area contributed by atoms with E-state index in [0.29, 0.717) is 0 Å². The van der Waals surface area contributed by atoms with E-state index in [9.17, 15) is 0 Å². The standard InChI is InChI=1S/C25H23NSSi/c1-27(2)19-12-7-10-17-23(19)24-20(27)13-8-14-21(24)28(3,4)22-15-16-9-5-6-11-18(16)26-25(17)22/h5-15H,1-4H3. The molecule has 2 aliphatic heterocycles. The second-order valence-electron chi connectivity index (χ2n) is 8.89. The van der Waals surface area contributed by atoms with E-state index in [1.807, 2.05) is 0 Å². The van der Waals surface area contributed by atoms with Gasteiger partial charge in [-0.15, -0.1) is 0 Å². The summed E-state index contributed by atoms with van der Waals surface area (Å²) in [6.45, 7) is 5.01. The Labute approximate surface area is 168 Å². The van der Waals surface area contributed by atoms with Gasteiger partial charge in [-0.25, -0.2) is 4.98 Å². The number of pyridine rings is 1. The quantitative estimate of drug-likeness (QED) is 0.357. The lowest BCUT2D eigenvalue weighted by atomic mass is 9.97. The van der Waals surface area contributed by atoms with Gasteiger partial charge in [0.2, 0.25) is 0 Å². The van der Waals surface area contributed by atoms with Crippen molar-refractivity contribution in [3.63, 3.8) is 0 Å². The fourth-order valence-corrected chi connectivity index (χ4v) is 10.8. The largest absolute Gasteiger partial charge is 0.248 e. The Bertz CT molecular complexity index is 1320. The van der Waals surface area contributed by atoms with Gasteiger partial charge in [0, 0.05) is 26.3 Å². The molecule has 28 heavy (non-hydrogen) atoms. The molecule has 0 saturated carbocycles. The monoisotopic (exact) mass is 397 g/mol. The van der Waals surface area contributed by atoms with Gasteiger partial charge in [-0.1, -0.05) is 61.6 Å². The average Bonchev–Trinajstić information content (AvgIpc) is 2.90. The highest BCUT2D eigenvalue weighted by molar-refractivity contribution is 8.33. The van der Waals surface area contributed by atoms with E-state index in [0.717, 1.165) is 5.52 Å². The van der Waals surface area contributed by atoms with E-state index in [1.54, 1.807) is 10.1 Å². The maximum absolute atomic E-state index is 5.25. The number of hydrogen-bond acceptors (Lipinski definition) is 1. The molecule has 2 aliphatic rings. The zero-order valence-corrected chi connectivity index (χ0v) is 18.5. The molecule has 3 heterocycles. The van der Waals surface area contributed by atoms with Gasteiger partial charge in [-0.05, 0) is 46.6 Å². The molecule has 0 radical (unpaired) electrons. The van der Waals surface area contributed by atoms with E-state index in [2.05, 4.69) is 92.3 Å². The van der Waals surface area contributed by atoms with Crippen LogP contribution in [0.15, 0.2) is 76.5 Å². The lowest BCUT2D eigenvalue weighted by Gasteiger charge is -2.31. The maximum atomic E-state index is 5.25. The van der Waals surface area contributed by atoms with Crippen molar-refractivity contribution in [3.8, 4) is 22.4 Å². The van der Waals surface area contributed by atoms with Crippen molar-refractivity contribution in [1.29, 1.82) is 0 Å². The van der Waals surface area contributed by atoms with E-state index in [4.69, 9.17) is 4.98 Å². The van der Waals surface area contributed by atoms with Crippen molar-refractivity contribution in [2.24, 2.45) is 0 Å². The fourth-order valence-electron chi connectivity index (χ4n) is 5.21. The van der Waals surface area contributed by atoms with Crippen molar-refractivity contribution in [2.45, 2.75) is 22.9 Å². The van der Waals surface area contributed by atoms with E-state index >= 15 is 0 Å². The Morgan fingerprint density at radius 1 is 0.750 bits per heavy atom. The summed E-state index contributed by atoms with van der Waals surface area (Å²) in [6, 6.07) is 25.0. The molecule has 0 spiro atoms. The molecular weight excluding hydrogens is 374 g/mol. The first-order chi connectivity index (χ1) is 13.4. The topological polar surface area (TPSA) is 12.9 Å². The minimum atomic E-state index is -1.91. The summed E-state index contributed by atoms with van der Waals surface area (Å²) >= 11 is 0. The Morgan fingerprint density at radius 3 is 2.29 bits per heavy atom. The van der Waals surface area contributed by atoms with Crippen LogP contribution in [0.2, 0.25) is 13.1 Å². The second kappa shape index (κ2) is 5.16. The third-order valence-electron chi connectivity index (χ3n) is 6.73. The number of fused-ring (bicyclic) bond motifs is 3. The first-order valence-electron chi connectivity index (χ1n) is 9.81. The summed E-state index contributed by atoms with van der Waals surface area (Å²) in [4.78, 5) is 8.34. The zero-order valence-electron chi connectivity index (χ0n) is 16.7. The highest BCUT2D eigenvalue weighted by atomic mass is 32.3. The summed E-state index contributed by atoms with van der Waals surface area (Å²) in [6.07, 6.45) is 4.91. The maximum Gasteiger partial charge on any atom is 0.115 e. The van der Waals surface area contributed by atoms with Gasteiger partial charge >= 0.3 is 0 Å². The molecule has 0 saturated heterocycles. The van der Waals surface area contributed by atoms with Crippen LogP contribution in [0.3, 0.4) is 0 Å². The molecule has 138 valence electrons. The van der Waals surface area contributed by atoms with Gasteiger partial charge < -0.3 is 0 Å². The Hall–Kier alpha value is -2.36. The minimum absolute atomic E-state index is 0.987.